The summed E-state index contributed by atoms with van der Waals surface area (Å²) in [5, 5.41) is 0. The number of hydrogen-bond acceptors (Lipinski definition) is 4. The molecule has 1 aromatic rings. The molecule has 0 radical (unpaired) electrons. The molecule has 0 aliphatic carbocycles. The molecular weight excluding hydrogens is 220 g/mol. The summed E-state index contributed by atoms with van der Waals surface area (Å²) >= 11 is 0. The van der Waals surface area contributed by atoms with Crippen LogP contribution < -0.4 is 0 Å². The van der Waals surface area contributed by atoms with Crippen molar-refractivity contribution in [3.63, 3.8) is 0 Å². The van der Waals surface area contributed by atoms with Gasteiger partial charge in [0.25, 0.3) is 5.79 Å². The molecule has 1 aliphatic heterocycles. The van der Waals surface area contributed by atoms with Crippen LogP contribution in [0, 0.1) is 13.8 Å². The highest BCUT2D eigenvalue weighted by Gasteiger charge is 2.41. The van der Waals surface area contributed by atoms with Crippen molar-refractivity contribution in [2.24, 2.45) is 0 Å². The highest BCUT2D eigenvalue weighted by Crippen LogP contribution is 2.33. The van der Waals surface area contributed by atoms with Gasteiger partial charge in [-0.2, -0.15) is 0 Å². The minimum atomic E-state index is -1.30. The predicted octanol–water partition coefficient (Wildman–Crippen LogP) is 1.97. The molecule has 0 spiro atoms. The topological polar surface area (TPSA) is 52.6 Å². The van der Waals surface area contributed by atoms with Gasteiger partial charge < -0.3 is 9.47 Å². The summed E-state index contributed by atoms with van der Waals surface area (Å²) in [6.45, 7) is 5.45. The largest absolute Gasteiger partial charge is 0.418 e. The molecule has 0 bridgehead atoms. The lowest BCUT2D eigenvalue weighted by atomic mass is 9.98. The summed E-state index contributed by atoms with van der Waals surface area (Å²) in [5.74, 6) is -2.41. The van der Waals surface area contributed by atoms with Crippen LogP contribution >= 0.6 is 0 Å². The maximum Gasteiger partial charge on any atom is 0.320 e. The van der Waals surface area contributed by atoms with Gasteiger partial charge in [0, 0.05) is 12.5 Å². The molecule has 1 saturated heterocycles. The fourth-order valence-electron chi connectivity index (χ4n) is 2.08. The van der Waals surface area contributed by atoms with E-state index < -0.39 is 17.7 Å². The van der Waals surface area contributed by atoms with Crippen molar-refractivity contribution in [2.75, 3.05) is 0 Å². The van der Waals surface area contributed by atoms with E-state index in [1.54, 1.807) is 6.92 Å². The lowest BCUT2D eigenvalue weighted by molar-refractivity contribution is -0.242. The molecule has 1 heterocycles. The molecule has 1 aliphatic rings. The van der Waals surface area contributed by atoms with Gasteiger partial charge >= 0.3 is 11.9 Å². The maximum atomic E-state index is 11.3. The van der Waals surface area contributed by atoms with Gasteiger partial charge in [-0.15, -0.1) is 0 Å². The van der Waals surface area contributed by atoms with E-state index in [1.807, 2.05) is 32.0 Å². The number of esters is 2. The molecule has 0 aromatic heterocycles. The minimum absolute atomic E-state index is 0.319. The number of ether oxygens (including phenoxy) is 2. The highest BCUT2D eigenvalue weighted by atomic mass is 16.7. The lowest BCUT2D eigenvalue weighted by Gasteiger charge is -2.33. The van der Waals surface area contributed by atoms with Crippen LogP contribution in [0.25, 0.3) is 0 Å². The molecule has 17 heavy (non-hydrogen) atoms. The van der Waals surface area contributed by atoms with Crippen LogP contribution in [0.3, 0.4) is 0 Å². The quantitative estimate of drug-likeness (QED) is 0.550. The number of hydrogen-bond donors (Lipinski definition) is 0. The van der Waals surface area contributed by atoms with Gasteiger partial charge in [0.15, 0.2) is 0 Å². The Morgan fingerprint density at radius 1 is 1.12 bits per heavy atom. The summed E-state index contributed by atoms with van der Waals surface area (Å²) < 4.78 is 10.3. The first-order valence-electron chi connectivity index (χ1n) is 5.42. The average Bonchev–Trinajstić information content (AvgIpc) is 2.13. The van der Waals surface area contributed by atoms with E-state index in [0.29, 0.717) is 5.56 Å². The Balaban J connectivity index is 2.43. The van der Waals surface area contributed by atoms with Gasteiger partial charge in [-0.25, -0.2) is 0 Å². The summed E-state index contributed by atoms with van der Waals surface area (Å²) in [4.78, 5) is 22.6. The zero-order valence-corrected chi connectivity index (χ0v) is 10.1. The average molecular weight is 234 g/mol. The van der Waals surface area contributed by atoms with Crippen molar-refractivity contribution in [3.8, 4) is 0 Å². The van der Waals surface area contributed by atoms with E-state index in [-0.39, 0.29) is 6.42 Å². The van der Waals surface area contributed by atoms with Crippen LogP contribution in [-0.2, 0) is 24.8 Å². The van der Waals surface area contributed by atoms with E-state index in [2.05, 4.69) is 0 Å². The van der Waals surface area contributed by atoms with Crippen LogP contribution in [0.4, 0.5) is 0 Å². The maximum absolute atomic E-state index is 11.3. The third-order valence-electron chi connectivity index (χ3n) is 2.78. The highest BCUT2D eigenvalue weighted by molar-refractivity contribution is 5.93. The molecule has 4 heteroatoms. The first-order valence-corrected chi connectivity index (χ1v) is 5.42. The van der Waals surface area contributed by atoms with Crippen molar-refractivity contribution >= 4 is 11.9 Å². The molecule has 0 amide bonds. The number of aryl methyl sites for hydroxylation is 2. The Hall–Kier alpha value is -1.84. The number of rotatable bonds is 1. The normalized spacial score (nSPS) is 18.5. The summed E-state index contributed by atoms with van der Waals surface area (Å²) in [6.07, 6.45) is -0.319. The SMILES string of the molecule is Cc1ccc(C2(C)OC(=O)CC(=O)O2)c(C)c1. The minimum Gasteiger partial charge on any atom is -0.418 e. The van der Waals surface area contributed by atoms with E-state index in [9.17, 15) is 9.59 Å². The molecule has 0 unspecified atom stereocenters. The van der Waals surface area contributed by atoms with E-state index in [1.165, 1.54) is 0 Å². The van der Waals surface area contributed by atoms with Crippen LogP contribution in [0.1, 0.15) is 30.0 Å². The van der Waals surface area contributed by atoms with Gasteiger partial charge in [-0.3, -0.25) is 9.59 Å². The van der Waals surface area contributed by atoms with E-state index >= 15 is 0 Å². The number of carbonyl (C=O) groups is 2. The zero-order chi connectivity index (χ0) is 12.6. The van der Waals surface area contributed by atoms with Crippen LogP contribution in [0.5, 0.6) is 0 Å². The molecule has 2 rings (SSSR count). The first kappa shape index (κ1) is 11.6. The smallest absolute Gasteiger partial charge is 0.320 e. The van der Waals surface area contributed by atoms with Crippen molar-refractivity contribution in [3.05, 3.63) is 34.9 Å². The monoisotopic (exact) mass is 234 g/mol. The molecular formula is C13H14O4. The van der Waals surface area contributed by atoms with Gasteiger partial charge in [0.1, 0.15) is 6.42 Å². The van der Waals surface area contributed by atoms with Gasteiger partial charge in [-0.05, 0) is 19.4 Å². The summed E-state index contributed by atoms with van der Waals surface area (Å²) in [7, 11) is 0. The molecule has 90 valence electrons. The van der Waals surface area contributed by atoms with Crippen LogP contribution in [0.2, 0.25) is 0 Å². The Kier molecular flexibility index (Phi) is 2.65. The third-order valence-corrected chi connectivity index (χ3v) is 2.78. The molecule has 1 aromatic carbocycles. The second kappa shape index (κ2) is 3.87. The zero-order valence-electron chi connectivity index (χ0n) is 10.1. The lowest BCUT2D eigenvalue weighted by Crippen LogP contribution is -2.40. The summed E-state index contributed by atoms with van der Waals surface area (Å²) in [5.41, 5.74) is 2.72. The Bertz CT molecular complexity index is 474. The standard InChI is InChI=1S/C13H14O4/c1-8-4-5-10(9(2)6-8)13(3)16-11(14)7-12(15)17-13/h4-6H,7H2,1-3H3. The molecule has 4 nitrogen and oxygen atoms in total. The van der Waals surface area contributed by atoms with Gasteiger partial charge in [-0.1, -0.05) is 23.8 Å². The Morgan fingerprint density at radius 2 is 1.71 bits per heavy atom. The second-order valence-electron chi connectivity index (χ2n) is 4.39. The van der Waals surface area contributed by atoms with Crippen molar-refractivity contribution in [1.82, 2.24) is 0 Å². The third kappa shape index (κ3) is 2.16. The fourth-order valence-corrected chi connectivity index (χ4v) is 2.08. The van der Waals surface area contributed by atoms with Gasteiger partial charge in [0.2, 0.25) is 0 Å². The molecule has 1 fully saturated rings. The van der Waals surface area contributed by atoms with Crippen molar-refractivity contribution in [2.45, 2.75) is 33.0 Å². The van der Waals surface area contributed by atoms with Crippen molar-refractivity contribution < 1.29 is 19.1 Å². The molecule has 0 atom stereocenters. The second-order valence-corrected chi connectivity index (χ2v) is 4.39. The predicted molar refractivity (Wildman–Crippen MR) is 60.1 cm³/mol. The summed E-state index contributed by atoms with van der Waals surface area (Å²) in [6, 6.07) is 5.66. The number of carbonyl (C=O) groups excluding carboxylic acids is 2. The van der Waals surface area contributed by atoms with E-state index in [4.69, 9.17) is 9.47 Å². The Labute approximate surface area is 99.5 Å². The first-order chi connectivity index (χ1) is 7.90. The number of cyclic esters (lactones) is 2. The van der Waals surface area contributed by atoms with Gasteiger partial charge in [0.05, 0.1) is 0 Å². The van der Waals surface area contributed by atoms with E-state index in [0.717, 1.165) is 11.1 Å². The van der Waals surface area contributed by atoms with Crippen LogP contribution in [0.15, 0.2) is 18.2 Å². The Morgan fingerprint density at radius 3 is 2.24 bits per heavy atom. The fraction of sp³-hybridized carbons (Fsp3) is 0.385. The molecule has 0 N–H and O–H groups in total. The van der Waals surface area contributed by atoms with Crippen LogP contribution in [-0.4, -0.2) is 11.9 Å². The van der Waals surface area contributed by atoms with Crippen molar-refractivity contribution in [1.29, 1.82) is 0 Å². The molecule has 0 saturated carbocycles. The number of benzene rings is 1.